The molecule has 0 unspecified atom stereocenters. The number of thiazole rings is 1. The maximum Gasteiger partial charge on any atom is 0.263 e. The number of hydrogen-bond acceptors (Lipinski definition) is 4. The van der Waals surface area contributed by atoms with Crippen LogP contribution in [0.5, 0.6) is 0 Å². The van der Waals surface area contributed by atoms with E-state index in [1.54, 1.807) is 0 Å². The molecule has 1 aliphatic carbocycles. The lowest BCUT2D eigenvalue weighted by Crippen LogP contribution is -2.53. The van der Waals surface area contributed by atoms with Gasteiger partial charge in [0.2, 0.25) is 0 Å². The van der Waals surface area contributed by atoms with Crippen LogP contribution in [0.25, 0.3) is 0 Å². The molecule has 0 spiro atoms. The zero-order chi connectivity index (χ0) is 14.0. The summed E-state index contributed by atoms with van der Waals surface area (Å²) < 4.78 is 0. The van der Waals surface area contributed by atoms with Gasteiger partial charge in [-0.2, -0.15) is 0 Å². The van der Waals surface area contributed by atoms with Gasteiger partial charge in [0, 0.05) is 0 Å². The van der Waals surface area contributed by atoms with E-state index >= 15 is 0 Å². The molecule has 0 aromatic carbocycles. The van der Waals surface area contributed by atoms with Gasteiger partial charge in [-0.3, -0.25) is 4.79 Å². The fraction of sp³-hybridized carbons (Fsp3) is 0.714. The minimum absolute atomic E-state index is 0.0162. The second-order valence-corrected chi connectivity index (χ2v) is 6.93. The number of carbonyl (C=O) groups is 1. The first-order valence-electron chi connectivity index (χ1n) is 6.83. The van der Waals surface area contributed by atoms with Crippen molar-refractivity contribution in [2.45, 2.75) is 52.0 Å². The molecule has 4 nitrogen and oxygen atoms in total. The van der Waals surface area contributed by atoms with Crippen LogP contribution in [0.1, 0.15) is 53.0 Å². The Morgan fingerprint density at radius 1 is 1.47 bits per heavy atom. The van der Waals surface area contributed by atoms with E-state index in [1.807, 2.05) is 13.8 Å². The van der Waals surface area contributed by atoms with Crippen LogP contribution >= 0.6 is 11.3 Å². The molecule has 1 aromatic heterocycles. The minimum atomic E-state index is -0.437. The first-order chi connectivity index (χ1) is 8.96. The average molecular weight is 282 g/mol. The number of aliphatic hydroxyl groups excluding tert-OH is 1. The Morgan fingerprint density at radius 3 is 2.58 bits per heavy atom. The van der Waals surface area contributed by atoms with E-state index in [9.17, 15) is 9.90 Å². The van der Waals surface area contributed by atoms with Gasteiger partial charge in [-0.1, -0.05) is 6.92 Å². The molecule has 2 rings (SSSR count). The molecular formula is C14H22N2O2S. The van der Waals surface area contributed by atoms with E-state index in [2.05, 4.69) is 17.2 Å². The number of aromatic nitrogens is 1. The number of aliphatic hydroxyl groups is 1. The fourth-order valence-electron chi connectivity index (χ4n) is 2.68. The van der Waals surface area contributed by atoms with E-state index < -0.39 is 5.54 Å². The molecule has 2 N–H and O–H groups in total. The summed E-state index contributed by atoms with van der Waals surface area (Å²) in [5, 5.41) is 13.6. The summed E-state index contributed by atoms with van der Waals surface area (Å²) in [5.41, 5.74) is 0.339. The Morgan fingerprint density at radius 2 is 2.11 bits per heavy atom. The van der Waals surface area contributed by atoms with E-state index in [0.29, 0.717) is 10.8 Å². The van der Waals surface area contributed by atoms with Crippen molar-refractivity contribution in [3.8, 4) is 0 Å². The molecule has 0 radical (unpaired) electrons. The third-order valence-electron chi connectivity index (χ3n) is 4.02. The molecule has 0 bridgehead atoms. The van der Waals surface area contributed by atoms with Crippen molar-refractivity contribution in [2.75, 3.05) is 6.61 Å². The van der Waals surface area contributed by atoms with Crippen molar-refractivity contribution in [3.05, 3.63) is 15.6 Å². The zero-order valence-corrected chi connectivity index (χ0v) is 12.6. The van der Waals surface area contributed by atoms with Gasteiger partial charge in [0.05, 0.1) is 22.8 Å². The standard InChI is InChI=1S/C14H22N2O2S/c1-9-4-6-14(8-17,7-5-9)16-13(18)12-10(2)15-11(3)19-12/h9,17H,4-8H2,1-3H3,(H,16,18). The van der Waals surface area contributed by atoms with Crippen molar-refractivity contribution < 1.29 is 9.90 Å². The number of hydrogen-bond donors (Lipinski definition) is 2. The largest absolute Gasteiger partial charge is 0.394 e. The molecule has 1 saturated carbocycles. The molecule has 0 atom stereocenters. The average Bonchev–Trinajstić information content (AvgIpc) is 2.72. The molecule has 1 fully saturated rings. The number of nitrogens with zero attached hydrogens (tertiary/aromatic N) is 1. The van der Waals surface area contributed by atoms with Gasteiger partial charge in [-0.15, -0.1) is 11.3 Å². The van der Waals surface area contributed by atoms with Crippen molar-refractivity contribution in [1.82, 2.24) is 10.3 Å². The lowest BCUT2D eigenvalue weighted by molar-refractivity contribution is 0.0720. The second kappa shape index (κ2) is 5.59. The van der Waals surface area contributed by atoms with Crippen LogP contribution in [0.4, 0.5) is 0 Å². The van der Waals surface area contributed by atoms with Crippen molar-refractivity contribution >= 4 is 17.2 Å². The monoisotopic (exact) mass is 282 g/mol. The highest BCUT2D eigenvalue weighted by atomic mass is 32.1. The van der Waals surface area contributed by atoms with Gasteiger partial charge in [-0.25, -0.2) is 4.98 Å². The highest BCUT2D eigenvalue weighted by Crippen LogP contribution is 2.32. The molecule has 1 amide bonds. The van der Waals surface area contributed by atoms with Gasteiger partial charge in [0.1, 0.15) is 4.88 Å². The lowest BCUT2D eigenvalue weighted by atomic mass is 9.77. The van der Waals surface area contributed by atoms with Crippen LogP contribution in [-0.2, 0) is 0 Å². The highest BCUT2D eigenvalue weighted by molar-refractivity contribution is 7.13. The first-order valence-corrected chi connectivity index (χ1v) is 7.65. The SMILES string of the molecule is Cc1nc(C)c(C(=O)NC2(CO)CCC(C)CC2)s1. The summed E-state index contributed by atoms with van der Waals surface area (Å²) in [5.74, 6) is 0.593. The lowest BCUT2D eigenvalue weighted by Gasteiger charge is -2.38. The Hall–Kier alpha value is -0.940. The number of rotatable bonds is 3. The maximum absolute atomic E-state index is 12.3. The van der Waals surface area contributed by atoms with E-state index in [1.165, 1.54) is 11.3 Å². The number of amides is 1. The van der Waals surface area contributed by atoms with Crippen LogP contribution in [0.15, 0.2) is 0 Å². The number of nitrogens with one attached hydrogen (secondary N) is 1. The van der Waals surface area contributed by atoms with E-state index in [4.69, 9.17) is 0 Å². The van der Waals surface area contributed by atoms with Crippen LogP contribution in [0.3, 0.4) is 0 Å². The minimum Gasteiger partial charge on any atom is -0.394 e. The van der Waals surface area contributed by atoms with Crippen LogP contribution in [-0.4, -0.2) is 28.1 Å². The zero-order valence-electron chi connectivity index (χ0n) is 11.8. The fourth-order valence-corrected chi connectivity index (χ4v) is 3.49. The van der Waals surface area contributed by atoms with Crippen molar-refractivity contribution in [3.63, 3.8) is 0 Å². The number of carbonyl (C=O) groups excluding carboxylic acids is 1. The molecule has 1 aromatic rings. The summed E-state index contributed by atoms with van der Waals surface area (Å²) in [6.45, 7) is 5.99. The summed E-state index contributed by atoms with van der Waals surface area (Å²) in [6.07, 6.45) is 3.82. The van der Waals surface area contributed by atoms with Gasteiger partial charge in [0.25, 0.3) is 5.91 Å². The highest BCUT2D eigenvalue weighted by Gasteiger charge is 2.35. The normalized spacial score (nSPS) is 27.3. The smallest absolute Gasteiger partial charge is 0.263 e. The summed E-state index contributed by atoms with van der Waals surface area (Å²) >= 11 is 1.42. The summed E-state index contributed by atoms with van der Waals surface area (Å²) in [6, 6.07) is 0. The Kier molecular flexibility index (Phi) is 4.26. The topological polar surface area (TPSA) is 62.2 Å². The molecule has 0 aliphatic heterocycles. The van der Waals surface area contributed by atoms with Crippen molar-refractivity contribution in [2.24, 2.45) is 5.92 Å². The molecule has 1 aliphatic rings. The van der Waals surface area contributed by atoms with Gasteiger partial charge < -0.3 is 10.4 Å². The third-order valence-corrected chi connectivity index (χ3v) is 5.09. The predicted octanol–water partition coefficient (Wildman–Crippen LogP) is 2.43. The second-order valence-electron chi connectivity index (χ2n) is 5.72. The Balaban J connectivity index is 2.10. The Labute approximate surface area is 118 Å². The molecular weight excluding hydrogens is 260 g/mol. The molecule has 0 saturated heterocycles. The van der Waals surface area contributed by atoms with Crippen LogP contribution in [0, 0.1) is 19.8 Å². The van der Waals surface area contributed by atoms with Gasteiger partial charge in [-0.05, 0) is 45.4 Å². The summed E-state index contributed by atoms with van der Waals surface area (Å²) in [4.78, 5) is 17.3. The molecule has 106 valence electrons. The quantitative estimate of drug-likeness (QED) is 0.895. The Bertz CT molecular complexity index is 462. The van der Waals surface area contributed by atoms with E-state index in [0.717, 1.165) is 36.4 Å². The first kappa shape index (κ1) is 14.5. The van der Waals surface area contributed by atoms with Crippen molar-refractivity contribution in [1.29, 1.82) is 0 Å². The predicted molar refractivity (Wildman–Crippen MR) is 76.5 cm³/mol. The molecule has 19 heavy (non-hydrogen) atoms. The molecule has 1 heterocycles. The number of aryl methyl sites for hydroxylation is 2. The van der Waals surface area contributed by atoms with Gasteiger partial charge in [0.15, 0.2) is 0 Å². The van der Waals surface area contributed by atoms with Crippen LogP contribution in [0.2, 0.25) is 0 Å². The molecule has 5 heteroatoms. The van der Waals surface area contributed by atoms with E-state index in [-0.39, 0.29) is 12.5 Å². The third kappa shape index (κ3) is 3.15. The van der Waals surface area contributed by atoms with Gasteiger partial charge >= 0.3 is 0 Å². The van der Waals surface area contributed by atoms with Crippen LogP contribution < -0.4 is 5.32 Å². The summed E-state index contributed by atoms with van der Waals surface area (Å²) in [7, 11) is 0. The maximum atomic E-state index is 12.3.